The summed E-state index contributed by atoms with van der Waals surface area (Å²) in [5, 5.41) is 22.3. The maximum Gasteiger partial charge on any atom is 0.221 e. The second kappa shape index (κ2) is 10.5. The predicted molar refractivity (Wildman–Crippen MR) is 153 cm³/mol. The summed E-state index contributed by atoms with van der Waals surface area (Å²) in [7, 11) is 0. The molecule has 8 nitrogen and oxygen atoms in total. The topological polar surface area (TPSA) is 120 Å². The third kappa shape index (κ3) is 4.92. The Kier molecular flexibility index (Phi) is 6.78. The van der Waals surface area contributed by atoms with Gasteiger partial charge in [-0.1, -0.05) is 41.6 Å². The predicted octanol–water partition coefficient (Wildman–Crippen LogP) is 6.32. The number of benzene rings is 4. The maximum atomic E-state index is 11.7. The number of hydrogen-bond acceptors (Lipinski definition) is 4. The monoisotopic (exact) mass is 502 g/mol. The molecule has 38 heavy (non-hydrogen) atoms. The molecule has 0 aliphatic heterocycles. The number of aryl methyl sites for hydroxylation is 1. The van der Waals surface area contributed by atoms with Crippen LogP contribution in [-0.4, -0.2) is 11.7 Å². The molecule has 0 radical (unpaired) electrons. The lowest BCUT2D eigenvalue weighted by Crippen LogP contribution is -2.36. The smallest absolute Gasteiger partial charge is 0.221 e. The van der Waals surface area contributed by atoms with Crippen molar-refractivity contribution in [2.75, 3.05) is 10.7 Å². The Bertz CT molecular complexity index is 1710. The fourth-order valence-electron chi connectivity index (χ4n) is 4.69. The van der Waals surface area contributed by atoms with Crippen LogP contribution in [0.2, 0.25) is 0 Å². The van der Waals surface area contributed by atoms with Gasteiger partial charge in [0.25, 0.3) is 0 Å². The summed E-state index contributed by atoms with van der Waals surface area (Å²) in [4.78, 5) is 11.7. The van der Waals surface area contributed by atoms with Gasteiger partial charge in [-0.25, -0.2) is 0 Å². The normalized spacial score (nSPS) is 11.2. The molecule has 5 N–H and O–H groups in total. The number of rotatable bonds is 7. The number of hydrogen-bond donors (Lipinski definition) is 4. The third-order valence-electron chi connectivity index (χ3n) is 6.31. The van der Waals surface area contributed by atoms with Gasteiger partial charge in [0, 0.05) is 35.2 Å². The van der Waals surface area contributed by atoms with Gasteiger partial charge >= 0.3 is 0 Å². The van der Waals surface area contributed by atoms with Crippen LogP contribution in [0.3, 0.4) is 0 Å². The number of aromatic nitrogens is 1. The number of carbonyl (C=O) groups excluding carboxylic acids is 1. The second-order valence-corrected chi connectivity index (χ2v) is 8.91. The van der Waals surface area contributed by atoms with E-state index in [1.54, 1.807) is 12.1 Å². The number of nitrogens with two attached hydrogens (primary N) is 1. The number of nitrogens with zero attached hydrogens (tertiary/aromatic N) is 3. The Hall–Kier alpha value is -5.11. The molecule has 0 bridgehead atoms. The molecule has 5 rings (SSSR count). The molecule has 0 saturated carbocycles. The van der Waals surface area contributed by atoms with E-state index < -0.39 is 0 Å². The van der Waals surface area contributed by atoms with Crippen LogP contribution in [0.5, 0.6) is 0 Å². The molecule has 1 aromatic heterocycles. The molecule has 4 aromatic carbocycles. The molecule has 0 fully saturated rings. The SMILES string of the molecule is CC[n+]1c(-c2ccccc2)c2cc(NC(C)=O)ccc2c2ccc(N=NNc3cccc(C(=N)N)c3)cc21. The summed E-state index contributed by atoms with van der Waals surface area (Å²) >= 11 is 0. The van der Waals surface area contributed by atoms with Crippen molar-refractivity contribution in [3.8, 4) is 11.3 Å². The Morgan fingerprint density at radius 2 is 1.68 bits per heavy atom. The number of nitrogens with one attached hydrogen (secondary N) is 3. The first kappa shape index (κ1) is 24.6. The van der Waals surface area contributed by atoms with Gasteiger partial charge in [0.15, 0.2) is 0 Å². The first-order chi connectivity index (χ1) is 18.4. The zero-order chi connectivity index (χ0) is 26.6. The Labute approximate surface area is 220 Å². The first-order valence-corrected chi connectivity index (χ1v) is 12.3. The van der Waals surface area contributed by atoms with Crippen LogP contribution < -0.4 is 21.0 Å². The summed E-state index contributed by atoms with van der Waals surface area (Å²) in [5.41, 5.74) is 14.4. The van der Waals surface area contributed by atoms with Gasteiger partial charge in [0.1, 0.15) is 12.4 Å². The molecule has 0 saturated heterocycles. The minimum atomic E-state index is -0.105. The number of amides is 1. The van der Waals surface area contributed by atoms with Crippen LogP contribution in [0.15, 0.2) is 101 Å². The molecule has 8 heteroatoms. The van der Waals surface area contributed by atoms with E-state index in [-0.39, 0.29) is 11.7 Å². The minimum Gasteiger partial charge on any atom is -0.384 e. The highest BCUT2D eigenvalue weighted by Gasteiger charge is 2.23. The van der Waals surface area contributed by atoms with E-state index in [0.29, 0.717) is 16.9 Å². The highest BCUT2D eigenvalue weighted by Crippen LogP contribution is 2.34. The Morgan fingerprint density at radius 1 is 0.895 bits per heavy atom. The zero-order valence-corrected chi connectivity index (χ0v) is 21.2. The van der Waals surface area contributed by atoms with Gasteiger partial charge in [0.05, 0.1) is 22.1 Å². The Balaban J connectivity index is 1.63. The van der Waals surface area contributed by atoms with Crippen molar-refractivity contribution < 1.29 is 9.36 Å². The van der Waals surface area contributed by atoms with Crippen LogP contribution in [0, 0.1) is 5.41 Å². The van der Waals surface area contributed by atoms with Crippen molar-refractivity contribution in [1.29, 1.82) is 5.41 Å². The number of anilines is 2. The average molecular weight is 503 g/mol. The van der Waals surface area contributed by atoms with E-state index in [1.807, 2.05) is 54.6 Å². The van der Waals surface area contributed by atoms with E-state index in [9.17, 15) is 4.79 Å². The molecular formula is C30H28N7O+. The summed E-state index contributed by atoms with van der Waals surface area (Å²) in [6.45, 7) is 4.37. The lowest BCUT2D eigenvalue weighted by molar-refractivity contribution is -0.655. The molecule has 188 valence electrons. The maximum absolute atomic E-state index is 11.7. The second-order valence-electron chi connectivity index (χ2n) is 8.91. The molecule has 1 heterocycles. The van der Waals surface area contributed by atoms with Crippen molar-refractivity contribution in [3.05, 3.63) is 96.6 Å². The molecule has 0 aliphatic carbocycles. The number of fused-ring (bicyclic) bond motifs is 3. The molecule has 5 aromatic rings. The lowest BCUT2D eigenvalue weighted by atomic mass is 9.98. The lowest BCUT2D eigenvalue weighted by Gasteiger charge is -2.13. The van der Waals surface area contributed by atoms with Crippen molar-refractivity contribution in [2.24, 2.45) is 16.1 Å². The summed E-state index contributed by atoms with van der Waals surface area (Å²) in [6, 6.07) is 29.5. The highest BCUT2D eigenvalue weighted by atomic mass is 16.1. The average Bonchev–Trinajstić information content (AvgIpc) is 2.92. The van der Waals surface area contributed by atoms with Crippen LogP contribution >= 0.6 is 0 Å². The number of amidine groups is 1. The van der Waals surface area contributed by atoms with Gasteiger partial charge in [-0.05, 0) is 55.5 Å². The molecule has 0 unspecified atom stereocenters. The third-order valence-corrected chi connectivity index (χ3v) is 6.31. The van der Waals surface area contributed by atoms with Gasteiger partial charge in [0.2, 0.25) is 17.1 Å². The Morgan fingerprint density at radius 3 is 2.42 bits per heavy atom. The largest absolute Gasteiger partial charge is 0.384 e. The van der Waals surface area contributed by atoms with Crippen molar-refractivity contribution in [3.63, 3.8) is 0 Å². The van der Waals surface area contributed by atoms with Gasteiger partial charge in [-0.2, -0.15) is 4.57 Å². The first-order valence-electron chi connectivity index (χ1n) is 12.3. The standard InChI is InChI=1S/C30H27N7O/c1-3-37-28-18-24(35-36-34-23-11-7-10-21(16-23)30(31)32)13-15-26(28)25-14-12-22(33-19(2)38)17-27(25)29(37)20-8-5-4-6-9-20/h4-18H,3H2,1-2H3,(H4,31,32,33,38)/p+1. The van der Waals surface area contributed by atoms with Gasteiger partial charge < -0.3 is 11.1 Å². The van der Waals surface area contributed by atoms with E-state index in [1.165, 1.54) is 6.92 Å². The fourth-order valence-corrected chi connectivity index (χ4v) is 4.69. The van der Waals surface area contributed by atoms with Crippen LogP contribution in [0.1, 0.15) is 19.4 Å². The van der Waals surface area contributed by atoms with Crippen molar-refractivity contribution >= 4 is 50.5 Å². The zero-order valence-electron chi connectivity index (χ0n) is 21.2. The van der Waals surface area contributed by atoms with E-state index in [4.69, 9.17) is 11.1 Å². The summed E-state index contributed by atoms with van der Waals surface area (Å²) in [6.07, 6.45) is 0. The molecule has 0 aliphatic rings. The van der Waals surface area contributed by atoms with E-state index in [0.717, 1.165) is 45.2 Å². The minimum absolute atomic E-state index is 0.00474. The van der Waals surface area contributed by atoms with Crippen molar-refractivity contribution in [1.82, 2.24) is 0 Å². The van der Waals surface area contributed by atoms with Crippen LogP contribution in [-0.2, 0) is 11.3 Å². The van der Waals surface area contributed by atoms with Crippen molar-refractivity contribution in [2.45, 2.75) is 20.4 Å². The van der Waals surface area contributed by atoms with Gasteiger partial charge in [-0.15, -0.1) is 5.11 Å². The molecule has 0 spiro atoms. The van der Waals surface area contributed by atoms with E-state index >= 15 is 0 Å². The molecule has 1 amide bonds. The van der Waals surface area contributed by atoms with Gasteiger partial charge in [-0.3, -0.25) is 15.6 Å². The summed E-state index contributed by atoms with van der Waals surface area (Å²) in [5.74, 6) is -0.110. The quantitative estimate of drug-likeness (QED) is 0.0520. The summed E-state index contributed by atoms with van der Waals surface area (Å²) < 4.78 is 2.27. The fraction of sp³-hybridized carbons (Fsp3) is 0.100. The van der Waals surface area contributed by atoms with Crippen LogP contribution in [0.4, 0.5) is 17.1 Å². The number of carbonyl (C=O) groups is 1. The number of pyridine rings is 1. The molecule has 0 atom stereocenters. The number of nitrogen functional groups attached to an aromatic ring is 1. The van der Waals surface area contributed by atoms with E-state index in [2.05, 4.69) is 56.8 Å². The highest BCUT2D eigenvalue weighted by molar-refractivity contribution is 6.10. The van der Waals surface area contributed by atoms with Crippen LogP contribution in [0.25, 0.3) is 32.9 Å². The molecular weight excluding hydrogens is 474 g/mol.